The van der Waals surface area contributed by atoms with Gasteiger partial charge in [-0.1, -0.05) is 25.9 Å². The molecule has 1 heterocycles. The molecule has 1 rings (SSSR count). The van der Waals surface area contributed by atoms with Gasteiger partial charge in [0.2, 0.25) is 0 Å². The molecule has 0 saturated carbocycles. The second-order valence-corrected chi connectivity index (χ2v) is 5.61. The van der Waals surface area contributed by atoms with Gasteiger partial charge in [-0.15, -0.1) is 11.6 Å². The van der Waals surface area contributed by atoms with Crippen LogP contribution in [0.5, 0.6) is 0 Å². The van der Waals surface area contributed by atoms with Crippen LogP contribution in [0.1, 0.15) is 40.5 Å². The number of oxime groups is 1. The van der Waals surface area contributed by atoms with Gasteiger partial charge in [0.05, 0.1) is 11.1 Å². The highest BCUT2D eigenvalue weighted by molar-refractivity contribution is 6.21. The number of hydrogen-bond donors (Lipinski definition) is 0. The van der Waals surface area contributed by atoms with Crippen molar-refractivity contribution in [1.82, 2.24) is 0 Å². The van der Waals surface area contributed by atoms with E-state index in [2.05, 4.69) is 25.9 Å². The Labute approximate surface area is 85.3 Å². The minimum Gasteiger partial charge on any atom is -0.391 e. The second-order valence-electron chi connectivity index (χ2n) is 4.92. The summed E-state index contributed by atoms with van der Waals surface area (Å²) in [7, 11) is 0. The van der Waals surface area contributed by atoms with Crippen molar-refractivity contribution in [3.63, 3.8) is 0 Å². The third-order valence-corrected chi connectivity index (χ3v) is 2.28. The van der Waals surface area contributed by atoms with Gasteiger partial charge >= 0.3 is 0 Å². The van der Waals surface area contributed by atoms with Crippen molar-refractivity contribution >= 4 is 17.3 Å². The summed E-state index contributed by atoms with van der Waals surface area (Å²) in [4.78, 5) is 5.23. The van der Waals surface area contributed by atoms with E-state index in [1.54, 1.807) is 0 Å². The maximum Gasteiger partial charge on any atom is 0.148 e. The fraction of sp³-hybridized carbons (Fsp3) is 0.900. The number of hydrogen-bond acceptors (Lipinski definition) is 2. The van der Waals surface area contributed by atoms with Crippen molar-refractivity contribution in [1.29, 1.82) is 0 Å². The maximum atomic E-state index is 5.92. The van der Waals surface area contributed by atoms with E-state index in [0.717, 1.165) is 18.6 Å². The van der Waals surface area contributed by atoms with Crippen LogP contribution in [0, 0.1) is 5.41 Å². The molecule has 3 heteroatoms. The largest absolute Gasteiger partial charge is 0.391 e. The molecular formula is C10H18ClNO. The second kappa shape index (κ2) is 3.87. The average molecular weight is 204 g/mol. The van der Waals surface area contributed by atoms with Crippen LogP contribution in [0.15, 0.2) is 5.16 Å². The standard InChI is InChI=1S/C10H18ClNO/c1-7(11)9-5-8(12-13-9)6-10(2,3)4/h7,9H,5-6H2,1-4H3. The lowest BCUT2D eigenvalue weighted by Crippen LogP contribution is -2.19. The van der Waals surface area contributed by atoms with Crippen molar-refractivity contribution in [2.75, 3.05) is 0 Å². The lowest BCUT2D eigenvalue weighted by molar-refractivity contribution is 0.0854. The Hall–Kier alpha value is -0.240. The Morgan fingerprint density at radius 1 is 1.62 bits per heavy atom. The lowest BCUT2D eigenvalue weighted by atomic mass is 9.88. The van der Waals surface area contributed by atoms with Crippen molar-refractivity contribution < 1.29 is 4.84 Å². The SMILES string of the molecule is CC(Cl)C1CC(CC(C)(C)C)=NO1. The van der Waals surface area contributed by atoms with Crippen LogP contribution in [-0.2, 0) is 4.84 Å². The first kappa shape index (κ1) is 10.8. The summed E-state index contributed by atoms with van der Waals surface area (Å²) in [6.07, 6.45) is 1.97. The van der Waals surface area contributed by atoms with Crippen LogP contribution < -0.4 is 0 Å². The summed E-state index contributed by atoms with van der Waals surface area (Å²) in [5.41, 5.74) is 1.43. The highest BCUT2D eigenvalue weighted by atomic mass is 35.5. The maximum absolute atomic E-state index is 5.92. The molecule has 0 fully saturated rings. The number of rotatable bonds is 2. The van der Waals surface area contributed by atoms with Gasteiger partial charge in [-0.05, 0) is 18.8 Å². The Bertz CT molecular complexity index is 205. The molecule has 0 aliphatic carbocycles. The summed E-state index contributed by atoms with van der Waals surface area (Å²) in [5.74, 6) is 0. The molecule has 0 aromatic carbocycles. The molecule has 0 spiro atoms. The molecule has 0 bridgehead atoms. The third kappa shape index (κ3) is 3.55. The highest BCUT2D eigenvalue weighted by Crippen LogP contribution is 2.26. The Balaban J connectivity index is 2.41. The van der Waals surface area contributed by atoms with Crippen molar-refractivity contribution in [3.05, 3.63) is 0 Å². The van der Waals surface area contributed by atoms with Gasteiger partial charge in [0, 0.05) is 6.42 Å². The molecule has 0 amide bonds. The van der Waals surface area contributed by atoms with E-state index < -0.39 is 0 Å². The highest BCUT2D eigenvalue weighted by Gasteiger charge is 2.27. The molecule has 76 valence electrons. The van der Waals surface area contributed by atoms with Crippen LogP contribution in [0.3, 0.4) is 0 Å². The quantitative estimate of drug-likeness (QED) is 0.632. The first-order valence-electron chi connectivity index (χ1n) is 4.74. The molecule has 0 aromatic rings. The molecule has 2 nitrogen and oxygen atoms in total. The fourth-order valence-electron chi connectivity index (χ4n) is 1.41. The van der Waals surface area contributed by atoms with E-state index in [9.17, 15) is 0 Å². The molecule has 2 unspecified atom stereocenters. The summed E-state index contributed by atoms with van der Waals surface area (Å²) in [5, 5.41) is 4.10. The first-order valence-corrected chi connectivity index (χ1v) is 5.18. The Morgan fingerprint density at radius 3 is 2.62 bits per heavy atom. The molecule has 0 N–H and O–H groups in total. The Kier molecular flexibility index (Phi) is 3.23. The normalized spacial score (nSPS) is 25.3. The Morgan fingerprint density at radius 2 is 2.23 bits per heavy atom. The van der Waals surface area contributed by atoms with Crippen LogP contribution in [0.4, 0.5) is 0 Å². The van der Waals surface area contributed by atoms with Crippen LogP contribution in [-0.4, -0.2) is 17.2 Å². The zero-order valence-electron chi connectivity index (χ0n) is 8.80. The zero-order valence-corrected chi connectivity index (χ0v) is 9.56. The van der Waals surface area contributed by atoms with Gasteiger partial charge in [-0.25, -0.2) is 0 Å². The molecule has 0 saturated heterocycles. The smallest absolute Gasteiger partial charge is 0.148 e. The molecule has 0 aromatic heterocycles. The van der Waals surface area contributed by atoms with Gasteiger partial charge in [-0.2, -0.15) is 0 Å². The number of halogens is 1. The predicted molar refractivity (Wildman–Crippen MR) is 56.3 cm³/mol. The zero-order chi connectivity index (χ0) is 10.1. The van der Waals surface area contributed by atoms with E-state index in [1.807, 2.05) is 6.92 Å². The van der Waals surface area contributed by atoms with Crippen molar-refractivity contribution in [2.45, 2.75) is 52.0 Å². The lowest BCUT2D eigenvalue weighted by Gasteiger charge is -2.17. The number of nitrogens with zero attached hydrogens (tertiary/aromatic N) is 1. The summed E-state index contributed by atoms with van der Waals surface area (Å²) < 4.78 is 0. The number of alkyl halides is 1. The minimum atomic E-state index is 0.0428. The van der Waals surface area contributed by atoms with E-state index in [4.69, 9.17) is 16.4 Å². The van der Waals surface area contributed by atoms with Gasteiger partial charge in [0.15, 0.2) is 0 Å². The molecular weight excluding hydrogens is 186 g/mol. The first-order chi connectivity index (χ1) is 5.88. The molecule has 0 radical (unpaired) electrons. The summed E-state index contributed by atoms with van der Waals surface area (Å²) in [6.45, 7) is 8.55. The molecule has 1 aliphatic heterocycles. The fourth-order valence-corrected chi connectivity index (χ4v) is 1.55. The van der Waals surface area contributed by atoms with Crippen molar-refractivity contribution in [2.24, 2.45) is 10.6 Å². The van der Waals surface area contributed by atoms with Gasteiger partial charge in [0.1, 0.15) is 6.10 Å². The summed E-state index contributed by atoms with van der Waals surface area (Å²) in [6, 6.07) is 0. The average Bonchev–Trinajstić information content (AvgIpc) is 2.31. The van der Waals surface area contributed by atoms with Crippen LogP contribution in [0.2, 0.25) is 0 Å². The third-order valence-electron chi connectivity index (χ3n) is 2.00. The van der Waals surface area contributed by atoms with E-state index >= 15 is 0 Å². The topological polar surface area (TPSA) is 21.6 Å². The van der Waals surface area contributed by atoms with Gasteiger partial charge in [0.25, 0.3) is 0 Å². The molecule has 13 heavy (non-hydrogen) atoms. The van der Waals surface area contributed by atoms with Gasteiger partial charge < -0.3 is 4.84 Å². The molecule has 2 atom stereocenters. The minimum absolute atomic E-state index is 0.0428. The monoisotopic (exact) mass is 203 g/mol. The molecule has 1 aliphatic rings. The van der Waals surface area contributed by atoms with Gasteiger partial charge in [-0.3, -0.25) is 0 Å². The summed E-state index contributed by atoms with van der Waals surface area (Å²) >= 11 is 5.92. The predicted octanol–water partition coefficient (Wildman–Crippen LogP) is 3.19. The van der Waals surface area contributed by atoms with E-state index in [0.29, 0.717) is 0 Å². The van der Waals surface area contributed by atoms with E-state index in [1.165, 1.54) is 0 Å². The van der Waals surface area contributed by atoms with Crippen LogP contribution >= 0.6 is 11.6 Å². The van der Waals surface area contributed by atoms with E-state index in [-0.39, 0.29) is 16.9 Å². The van der Waals surface area contributed by atoms with Crippen LogP contribution in [0.25, 0.3) is 0 Å². The van der Waals surface area contributed by atoms with Crippen molar-refractivity contribution in [3.8, 4) is 0 Å².